The Morgan fingerprint density at radius 3 is 2.52 bits per heavy atom. The van der Waals surface area contributed by atoms with Gasteiger partial charge in [0, 0.05) is 50.9 Å². The molecule has 2 N–H and O–H groups in total. The Kier molecular flexibility index (Phi) is 6.85. The third-order valence-corrected chi connectivity index (χ3v) is 5.33. The summed E-state index contributed by atoms with van der Waals surface area (Å²) >= 11 is 0. The van der Waals surface area contributed by atoms with Crippen LogP contribution in [0.25, 0.3) is 0 Å². The second kappa shape index (κ2) is 10.1. The maximum absolute atomic E-state index is 13.1. The number of halogens is 1. The van der Waals surface area contributed by atoms with E-state index in [4.69, 9.17) is 15.2 Å². The lowest BCUT2D eigenvalue weighted by molar-refractivity contribution is -0.128. The average molecular weight is 448 g/mol. The maximum Gasteiger partial charge on any atom is 0.335 e. The number of pyridine rings is 1. The number of carbonyl (C=O) groups excluding carboxylic acids is 1. The maximum atomic E-state index is 13.1. The number of aromatic nitrogens is 1. The fourth-order valence-corrected chi connectivity index (χ4v) is 3.64. The molecule has 1 fully saturated rings. The van der Waals surface area contributed by atoms with Gasteiger partial charge in [0.2, 0.25) is 0 Å². The van der Waals surface area contributed by atoms with Crippen LogP contribution in [0.3, 0.4) is 0 Å². The second-order valence-electron chi connectivity index (χ2n) is 7.67. The van der Waals surface area contributed by atoms with Crippen LogP contribution in [-0.2, 0) is 11.3 Å². The summed E-state index contributed by atoms with van der Waals surface area (Å²) in [5.41, 5.74) is 8.05. The van der Waals surface area contributed by atoms with E-state index in [1.54, 1.807) is 30.5 Å². The molecule has 1 aromatic heterocycles. The first-order chi connectivity index (χ1) is 16.0. The van der Waals surface area contributed by atoms with E-state index >= 15 is 0 Å². The Bertz CT molecular complexity index is 1130. The molecule has 170 valence electrons. The highest BCUT2D eigenvalue weighted by atomic mass is 19.1. The number of esters is 1. The van der Waals surface area contributed by atoms with Crippen LogP contribution in [0.1, 0.15) is 5.56 Å². The lowest BCUT2D eigenvalue weighted by atomic mass is 10.2. The number of anilines is 2. The van der Waals surface area contributed by atoms with Gasteiger partial charge in [-0.2, -0.15) is 0 Å². The molecule has 33 heavy (non-hydrogen) atoms. The van der Waals surface area contributed by atoms with E-state index in [0.29, 0.717) is 23.1 Å². The van der Waals surface area contributed by atoms with Gasteiger partial charge in [-0.1, -0.05) is 24.8 Å². The minimum atomic E-state index is -0.540. The summed E-state index contributed by atoms with van der Waals surface area (Å²) in [6.07, 6.45) is 2.66. The molecular formula is C25H25FN4O3. The highest BCUT2D eigenvalue weighted by Crippen LogP contribution is 2.31. The number of benzene rings is 2. The zero-order valence-electron chi connectivity index (χ0n) is 18.1. The first-order valence-electron chi connectivity index (χ1n) is 10.6. The molecule has 1 aliphatic heterocycles. The molecule has 0 aliphatic carbocycles. The normalized spacial score (nSPS) is 14.0. The van der Waals surface area contributed by atoms with Gasteiger partial charge in [-0.3, -0.25) is 4.90 Å². The van der Waals surface area contributed by atoms with Crippen molar-refractivity contribution in [2.45, 2.75) is 6.54 Å². The number of nitrogens with zero attached hydrogens (tertiary/aromatic N) is 3. The number of nitrogen functional groups attached to an aromatic ring is 1. The number of hydrogen-bond donors (Lipinski definition) is 1. The van der Waals surface area contributed by atoms with Gasteiger partial charge in [-0.05, 0) is 29.8 Å². The van der Waals surface area contributed by atoms with Crippen molar-refractivity contribution < 1.29 is 18.7 Å². The zero-order chi connectivity index (χ0) is 23.2. The number of carbonyl (C=O) groups is 1. The van der Waals surface area contributed by atoms with Crippen LogP contribution in [0.15, 0.2) is 73.4 Å². The quantitative estimate of drug-likeness (QED) is 0.332. The summed E-state index contributed by atoms with van der Waals surface area (Å²) < 4.78 is 24.2. The first-order valence-corrected chi connectivity index (χ1v) is 10.6. The second-order valence-corrected chi connectivity index (χ2v) is 7.67. The molecule has 3 aromatic rings. The number of rotatable bonds is 7. The van der Waals surface area contributed by atoms with Crippen molar-refractivity contribution in [3.05, 3.63) is 84.8 Å². The van der Waals surface area contributed by atoms with Crippen molar-refractivity contribution in [3.8, 4) is 17.2 Å². The molecular weight excluding hydrogens is 423 g/mol. The van der Waals surface area contributed by atoms with Crippen molar-refractivity contribution in [1.82, 2.24) is 9.88 Å². The van der Waals surface area contributed by atoms with Gasteiger partial charge in [0.05, 0.1) is 11.9 Å². The Labute approximate surface area is 191 Å². The molecule has 0 saturated carbocycles. The third-order valence-electron chi connectivity index (χ3n) is 5.33. The van der Waals surface area contributed by atoms with Crippen LogP contribution in [0.2, 0.25) is 0 Å². The van der Waals surface area contributed by atoms with Gasteiger partial charge >= 0.3 is 5.97 Å². The van der Waals surface area contributed by atoms with Crippen molar-refractivity contribution in [2.24, 2.45) is 0 Å². The summed E-state index contributed by atoms with van der Waals surface area (Å²) in [6.45, 7) is 7.42. The lowest BCUT2D eigenvalue weighted by Crippen LogP contribution is -2.46. The molecule has 0 spiro atoms. The average Bonchev–Trinajstić information content (AvgIpc) is 2.82. The predicted octanol–water partition coefficient (Wildman–Crippen LogP) is 4.01. The van der Waals surface area contributed by atoms with Crippen LogP contribution in [0, 0.1) is 5.82 Å². The molecule has 0 amide bonds. The van der Waals surface area contributed by atoms with Crippen molar-refractivity contribution >= 4 is 17.5 Å². The van der Waals surface area contributed by atoms with Gasteiger partial charge in [0.15, 0.2) is 0 Å². The fraction of sp³-hybridized carbons (Fsp3) is 0.200. The van der Waals surface area contributed by atoms with Crippen molar-refractivity contribution in [3.63, 3.8) is 0 Å². The van der Waals surface area contributed by atoms with Gasteiger partial charge in [-0.15, -0.1) is 0 Å². The molecule has 8 heteroatoms. The number of nitrogens with two attached hydrogens (primary N) is 1. The molecule has 2 heterocycles. The van der Waals surface area contributed by atoms with E-state index in [-0.39, 0.29) is 5.82 Å². The molecule has 0 bridgehead atoms. The van der Waals surface area contributed by atoms with Crippen molar-refractivity contribution in [1.29, 1.82) is 0 Å². The van der Waals surface area contributed by atoms with Gasteiger partial charge in [-0.25, -0.2) is 14.2 Å². The van der Waals surface area contributed by atoms with Crippen LogP contribution in [0.5, 0.6) is 17.2 Å². The Morgan fingerprint density at radius 1 is 1.06 bits per heavy atom. The number of piperazine rings is 1. The molecule has 0 atom stereocenters. The van der Waals surface area contributed by atoms with Crippen LogP contribution < -0.4 is 20.1 Å². The summed E-state index contributed by atoms with van der Waals surface area (Å²) in [7, 11) is 0. The third kappa shape index (κ3) is 5.87. The van der Waals surface area contributed by atoms with E-state index in [1.807, 2.05) is 18.2 Å². The van der Waals surface area contributed by atoms with Crippen LogP contribution >= 0.6 is 0 Å². The molecule has 1 aliphatic rings. The fourth-order valence-electron chi connectivity index (χ4n) is 3.64. The SMILES string of the molecule is C=CC(=O)Oc1cccc(Oc2cnc(N)c(N3CCN(Cc4ccc(F)cc4)CC3)c2)c1. The largest absolute Gasteiger partial charge is 0.456 e. The summed E-state index contributed by atoms with van der Waals surface area (Å²) in [5, 5.41) is 0. The molecule has 0 unspecified atom stereocenters. The van der Waals surface area contributed by atoms with Crippen LogP contribution in [0.4, 0.5) is 15.9 Å². The monoisotopic (exact) mass is 448 g/mol. The van der Waals surface area contributed by atoms with E-state index in [1.165, 1.54) is 12.1 Å². The summed E-state index contributed by atoms with van der Waals surface area (Å²) in [6, 6.07) is 15.2. The summed E-state index contributed by atoms with van der Waals surface area (Å²) in [5.74, 6) is 1.06. The minimum Gasteiger partial charge on any atom is -0.456 e. The van der Waals surface area contributed by atoms with E-state index < -0.39 is 5.97 Å². The van der Waals surface area contributed by atoms with Gasteiger partial charge < -0.3 is 20.1 Å². The Balaban J connectivity index is 1.40. The van der Waals surface area contributed by atoms with E-state index in [9.17, 15) is 9.18 Å². The topological polar surface area (TPSA) is 80.9 Å². The van der Waals surface area contributed by atoms with Gasteiger partial charge in [0.1, 0.15) is 28.9 Å². The van der Waals surface area contributed by atoms with Crippen molar-refractivity contribution in [2.75, 3.05) is 36.8 Å². The number of hydrogen-bond acceptors (Lipinski definition) is 7. The first kappa shape index (κ1) is 22.3. The molecule has 7 nitrogen and oxygen atoms in total. The van der Waals surface area contributed by atoms with E-state index in [2.05, 4.69) is 21.4 Å². The van der Waals surface area contributed by atoms with E-state index in [0.717, 1.165) is 50.1 Å². The standard InChI is InChI=1S/C25H25FN4O3/c1-2-24(31)33-21-5-3-4-20(14-21)32-22-15-23(25(27)28-16-22)30-12-10-29(11-13-30)17-18-6-8-19(26)9-7-18/h2-9,14-16H,1,10-13,17H2,(H2,27,28). The molecule has 0 radical (unpaired) electrons. The highest BCUT2D eigenvalue weighted by molar-refractivity contribution is 5.83. The van der Waals surface area contributed by atoms with Crippen LogP contribution in [-0.4, -0.2) is 42.0 Å². The highest BCUT2D eigenvalue weighted by Gasteiger charge is 2.20. The molecule has 4 rings (SSSR count). The Hall–Kier alpha value is -3.91. The lowest BCUT2D eigenvalue weighted by Gasteiger charge is -2.36. The predicted molar refractivity (Wildman–Crippen MR) is 125 cm³/mol. The zero-order valence-corrected chi connectivity index (χ0v) is 18.1. The molecule has 1 saturated heterocycles. The number of ether oxygens (including phenoxy) is 2. The summed E-state index contributed by atoms with van der Waals surface area (Å²) in [4.78, 5) is 20.2. The minimum absolute atomic E-state index is 0.224. The van der Waals surface area contributed by atoms with Gasteiger partial charge in [0.25, 0.3) is 0 Å². The molecule has 2 aromatic carbocycles. The Morgan fingerprint density at radius 2 is 1.79 bits per heavy atom. The smallest absolute Gasteiger partial charge is 0.335 e.